The van der Waals surface area contributed by atoms with Crippen LogP contribution < -0.4 is 11.1 Å². The summed E-state index contributed by atoms with van der Waals surface area (Å²) in [5.74, 6) is 0.103. The van der Waals surface area contributed by atoms with Crippen molar-refractivity contribution in [2.75, 3.05) is 6.54 Å². The third-order valence-electron chi connectivity index (χ3n) is 3.57. The second kappa shape index (κ2) is 7.20. The lowest BCUT2D eigenvalue weighted by molar-refractivity contribution is -0.122. The first kappa shape index (κ1) is 15.5. The highest BCUT2D eigenvalue weighted by atomic mass is 32.1. The van der Waals surface area contributed by atoms with Gasteiger partial charge in [0.15, 0.2) is 0 Å². The molecule has 1 saturated carbocycles. The van der Waals surface area contributed by atoms with Gasteiger partial charge in [-0.1, -0.05) is 0 Å². The van der Waals surface area contributed by atoms with E-state index in [0.717, 1.165) is 6.54 Å². The number of thiophene rings is 1. The number of amides is 1. The summed E-state index contributed by atoms with van der Waals surface area (Å²) in [6.07, 6.45) is 2.95. The normalized spacial score (nSPS) is 16.6. The van der Waals surface area contributed by atoms with E-state index in [2.05, 4.69) is 27.0 Å². The maximum atomic E-state index is 12.0. The average Bonchev–Trinajstić information content (AvgIpc) is 3.10. The summed E-state index contributed by atoms with van der Waals surface area (Å²) >= 11 is 1.72. The molecule has 0 radical (unpaired) electrons. The average molecular weight is 295 g/mol. The van der Waals surface area contributed by atoms with Crippen LogP contribution in [0, 0.1) is 0 Å². The van der Waals surface area contributed by atoms with Crippen LogP contribution in [0.3, 0.4) is 0 Å². The zero-order valence-corrected chi connectivity index (χ0v) is 13.2. The number of rotatable bonds is 8. The second-order valence-electron chi connectivity index (χ2n) is 5.85. The summed E-state index contributed by atoms with van der Waals surface area (Å²) in [5.41, 5.74) is 7.25. The first-order chi connectivity index (χ1) is 9.60. The number of carbonyl (C=O) groups is 1. The van der Waals surface area contributed by atoms with Gasteiger partial charge in [0.25, 0.3) is 0 Å². The van der Waals surface area contributed by atoms with Crippen LogP contribution in [-0.2, 0) is 11.3 Å². The van der Waals surface area contributed by atoms with Crippen molar-refractivity contribution in [3.63, 3.8) is 0 Å². The molecule has 5 heteroatoms. The first-order valence-electron chi connectivity index (χ1n) is 7.36. The summed E-state index contributed by atoms with van der Waals surface area (Å²) in [5, 5.41) is 7.24. The number of nitrogens with zero attached hydrogens (tertiary/aromatic N) is 1. The minimum absolute atomic E-state index is 0.103. The Kier molecular flexibility index (Phi) is 5.57. The Morgan fingerprint density at radius 2 is 2.30 bits per heavy atom. The van der Waals surface area contributed by atoms with E-state index in [9.17, 15) is 4.79 Å². The molecule has 1 atom stereocenters. The second-order valence-corrected chi connectivity index (χ2v) is 6.63. The molecular weight excluding hydrogens is 270 g/mol. The molecule has 0 bridgehead atoms. The molecule has 2 rings (SSSR count). The standard InChI is InChI=1S/C15H25N3OS/c1-11(2)17-15(19)7-14(8-16)18(13-3-4-13)9-12-5-6-20-10-12/h5-6,10-11,13-14H,3-4,7-9,16H2,1-2H3,(H,17,19). The van der Waals surface area contributed by atoms with Crippen molar-refractivity contribution in [2.45, 2.75) is 57.8 Å². The minimum Gasteiger partial charge on any atom is -0.354 e. The fourth-order valence-electron chi connectivity index (χ4n) is 2.49. The molecule has 0 aromatic carbocycles. The summed E-state index contributed by atoms with van der Waals surface area (Å²) < 4.78 is 0. The van der Waals surface area contributed by atoms with Gasteiger partial charge in [0.1, 0.15) is 0 Å². The van der Waals surface area contributed by atoms with Crippen molar-refractivity contribution in [1.82, 2.24) is 10.2 Å². The van der Waals surface area contributed by atoms with E-state index >= 15 is 0 Å². The van der Waals surface area contributed by atoms with Crippen LogP contribution in [0.15, 0.2) is 16.8 Å². The zero-order valence-electron chi connectivity index (χ0n) is 12.3. The van der Waals surface area contributed by atoms with Crippen LogP contribution in [-0.4, -0.2) is 35.5 Å². The van der Waals surface area contributed by atoms with Crippen molar-refractivity contribution in [3.05, 3.63) is 22.4 Å². The first-order valence-corrected chi connectivity index (χ1v) is 8.30. The molecule has 1 aromatic rings. The highest BCUT2D eigenvalue weighted by Gasteiger charge is 2.34. The number of nitrogens with two attached hydrogens (primary N) is 1. The van der Waals surface area contributed by atoms with Crippen molar-refractivity contribution in [3.8, 4) is 0 Å². The van der Waals surface area contributed by atoms with E-state index in [-0.39, 0.29) is 18.0 Å². The van der Waals surface area contributed by atoms with Crippen molar-refractivity contribution in [1.29, 1.82) is 0 Å². The van der Waals surface area contributed by atoms with Gasteiger partial charge in [-0.05, 0) is 49.1 Å². The number of hydrogen-bond donors (Lipinski definition) is 2. The third-order valence-corrected chi connectivity index (χ3v) is 4.30. The van der Waals surface area contributed by atoms with Crippen LogP contribution in [0.25, 0.3) is 0 Å². The largest absolute Gasteiger partial charge is 0.354 e. The van der Waals surface area contributed by atoms with Crippen LogP contribution >= 0.6 is 11.3 Å². The lowest BCUT2D eigenvalue weighted by Crippen LogP contribution is -2.45. The van der Waals surface area contributed by atoms with Gasteiger partial charge < -0.3 is 11.1 Å². The summed E-state index contributed by atoms with van der Waals surface area (Å²) in [6.45, 7) is 5.41. The highest BCUT2D eigenvalue weighted by Crippen LogP contribution is 2.31. The molecule has 0 saturated heterocycles. The zero-order chi connectivity index (χ0) is 14.5. The lowest BCUT2D eigenvalue weighted by atomic mass is 10.1. The Balaban J connectivity index is 1.96. The number of nitrogens with one attached hydrogen (secondary N) is 1. The summed E-state index contributed by atoms with van der Waals surface area (Å²) in [7, 11) is 0. The van der Waals surface area contributed by atoms with Gasteiger partial charge in [0.05, 0.1) is 0 Å². The van der Waals surface area contributed by atoms with Gasteiger partial charge >= 0.3 is 0 Å². The Labute approximate surface area is 125 Å². The topological polar surface area (TPSA) is 58.4 Å². The quantitative estimate of drug-likeness (QED) is 0.771. The van der Waals surface area contributed by atoms with Gasteiger partial charge in [-0.15, -0.1) is 0 Å². The molecule has 4 nitrogen and oxygen atoms in total. The van der Waals surface area contributed by atoms with Crippen molar-refractivity contribution >= 4 is 17.2 Å². The van der Waals surface area contributed by atoms with Crippen molar-refractivity contribution < 1.29 is 4.79 Å². The molecule has 112 valence electrons. The van der Waals surface area contributed by atoms with E-state index in [0.29, 0.717) is 19.0 Å². The van der Waals surface area contributed by atoms with Gasteiger partial charge in [0.2, 0.25) is 5.91 Å². The van der Waals surface area contributed by atoms with E-state index in [1.807, 2.05) is 13.8 Å². The van der Waals surface area contributed by atoms with E-state index in [4.69, 9.17) is 5.73 Å². The predicted octanol–water partition coefficient (Wildman–Crippen LogP) is 1.95. The van der Waals surface area contributed by atoms with Crippen LogP contribution in [0.1, 0.15) is 38.7 Å². The Hall–Kier alpha value is -0.910. The molecule has 1 amide bonds. The van der Waals surface area contributed by atoms with E-state index in [1.54, 1.807) is 11.3 Å². The summed E-state index contributed by atoms with van der Waals surface area (Å²) in [4.78, 5) is 14.4. The minimum atomic E-state index is 0.103. The molecule has 1 unspecified atom stereocenters. The fourth-order valence-corrected chi connectivity index (χ4v) is 3.15. The molecule has 0 spiro atoms. The molecule has 20 heavy (non-hydrogen) atoms. The fraction of sp³-hybridized carbons (Fsp3) is 0.667. The molecular formula is C15H25N3OS. The van der Waals surface area contributed by atoms with Crippen LogP contribution in [0.4, 0.5) is 0 Å². The van der Waals surface area contributed by atoms with Crippen LogP contribution in [0.2, 0.25) is 0 Å². The lowest BCUT2D eigenvalue weighted by Gasteiger charge is -2.30. The van der Waals surface area contributed by atoms with Crippen molar-refractivity contribution in [2.24, 2.45) is 5.73 Å². The number of carbonyl (C=O) groups excluding carboxylic acids is 1. The van der Waals surface area contributed by atoms with Gasteiger partial charge in [-0.3, -0.25) is 9.69 Å². The summed E-state index contributed by atoms with van der Waals surface area (Å²) in [6, 6.07) is 3.09. The third kappa shape index (κ3) is 4.58. The maximum absolute atomic E-state index is 12.0. The molecule has 1 fully saturated rings. The van der Waals surface area contributed by atoms with E-state index in [1.165, 1.54) is 18.4 Å². The monoisotopic (exact) mass is 295 g/mol. The van der Waals surface area contributed by atoms with Crippen LogP contribution in [0.5, 0.6) is 0 Å². The molecule has 1 heterocycles. The number of hydrogen-bond acceptors (Lipinski definition) is 4. The van der Waals surface area contributed by atoms with Gasteiger partial charge in [0, 0.05) is 37.6 Å². The molecule has 1 aliphatic rings. The Bertz CT molecular complexity index is 415. The Morgan fingerprint density at radius 3 is 2.80 bits per heavy atom. The molecule has 0 aliphatic heterocycles. The molecule has 1 aliphatic carbocycles. The smallest absolute Gasteiger partial charge is 0.221 e. The molecule has 1 aromatic heterocycles. The van der Waals surface area contributed by atoms with E-state index < -0.39 is 0 Å². The highest BCUT2D eigenvalue weighted by molar-refractivity contribution is 7.07. The van der Waals surface area contributed by atoms with Gasteiger partial charge in [-0.25, -0.2) is 0 Å². The maximum Gasteiger partial charge on any atom is 0.221 e. The molecule has 3 N–H and O–H groups in total. The van der Waals surface area contributed by atoms with Gasteiger partial charge in [-0.2, -0.15) is 11.3 Å². The Morgan fingerprint density at radius 1 is 1.55 bits per heavy atom. The predicted molar refractivity (Wildman–Crippen MR) is 83.6 cm³/mol. The SMILES string of the molecule is CC(C)NC(=O)CC(CN)N(Cc1ccsc1)C1CC1.